The van der Waals surface area contributed by atoms with Crippen LogP contribution < -0.4 is 0 Å². The fourth-order valence-corrected chi connectivity index (χ4v) is 5.99. The van der Waals surface area contributed by atoms with Gasteiger partial charge in [0.1, 0.15) is 6.20 Å². The van der Waals surface area contributed by atoms with Crippen molar-refractivity contribution in [2.45, 2.75) is 200 Å². The van der Waals surface area contributed by atoms with Gasteiger partial charge < -0.3 is 0 Å². The molecule has 1 rings (SSSR count). The zero-order valence-electron chi connectivity index (χ0n) is 27.0. The van der Waals surface area contributed by atoms with E-state index in [2.05, 4.69) is 25.9 Å². The van der Waals surface area contributed by atoms with Gasteiger partial charge >= 0.3 is 5.91 Å². The molecule has 0 spiro atoms. The van der Waals surface area contributed by atoms with E-state index in [9.17, 15) is 4.79 Å². The van der Waals surface area contributed by atoms with Crippen molar-refractivity contribution in [3.8, 4) is 0 Å². The first kappa shape index (κ1) is 36.1. The highest BCUT2D eigenvalue weighted by atomic mass is 16.2. The van der Waals surface area contributed by atoms with E-state index in [1.165, 1.54) is 161 Å². The highest BCUT2D eigenvalue weighted by molar-refractivity contribution is 5.90. The number of rotatable bonds is 29. The maximum Gasteiger partial charge on any atom is 0.324 e. The Morgan fingerprint density at radius 2 is 0.872 bits per heavy atom. The van der Waals surface area contributed by atoms with Crippen LogP contribution in [0.15, 0.2) is 17.4 Å². The Balaban J connectivity index is 1.97. The van der Waals surface area contributed by atoms with E-state index in [4.69, 9.17) is 0 Å². The van der Waals surface area contributed by atoms with E-state index < -0.39 is 0 Å². The second kappa shape index (κ2) is 26.0. The van der Waals surface area contributed by atoms with Crippen LogP contribution in [-0.2, 0) is 4.79 Å². The van der Waals surface area contributed by atoms with Crippen molar-refractivity contribution in [3.63, 3.8) is 0 Å². The third-order valence-electron chi connectivity index (χ3n) is 8.89. The van der Waals surface area contributed by atoms with Gasteiger partial charge in [-0.05, 0) is 12.8 Å². The zero-order chi connectivity index (χ0) is 28.3. The molecule has 0 aliphatic carbocycles. The number of quaternary nitrogens is 1. The van der Waals surface area contributed by atoms with Gasteiger partial charge in [-0.1, -0.05) is 174 Å². The third-order valence-corrected chi connectivity index (χ3v) is 8.89. The van der Waals surface area contributed by atoms with Gasteiger partial charge in [0.2, 0.25) is 5.84 Å². The fourth-order valence-electron chi connectivity index (χ4n) is 5.99. The summed E-state index contributed by atoms with van der Waals surface area (Å²) in [5.74, 6) is 1.39. The Morgan fingerprint density at radius 3 is 1.26 bits per heavy atom. The molecule has 1 atom stereocenters. The van der Waals surface area contributed by atoms with Crippen LogP contribution in [-0.4, -0.2) is 23.3 Å². The molecule has 1 aliphatic rings. The van der Waals surface area contributed by atoms with Crippen molar-refractivity contribution in [2.24, 2.45) is 4.99 Å². The van der Waals surface area contributed by atoms with Crippen LogP contribution >= 0.6 is 0 Å². The summed E-state index contributed by atoms with van der Waals surface area (Å²) < 4.78 is 0.330. The molecule has 0 N–H and O–H groups in total. The van der Waals surface area contributed by atoms with Crippen LogP contribution in [0.5, 0.6) is 0 Å². The van der Waals surface area contributed by atoms with Gasteiger partial charge in [0.05, 0.1) is 19.7 Å². The van der Waals surface area contributed by atoms with Crippen molar-refractivity contribution in [2.75, 3.05) is 7.05 Å². The molecule has 0 saturated carbocycles. The largest absolute Gasteiger partial charge is 0.324 e. The van der Waals surface area contributed by atoms with Crippen LogP contribution in [0.25, 0.3) is 0 Å². The molecule has 0 aromatic heterocycles. The lowest BCUT2D eigenvalue weighted by atomic mass is 10.0. The van der Waals surface area contributed by atoms with E-state index in [0.717, 1.165) is 25.1 Å². The first-order chi connectivity index (χ1) is 19.1. The minimum atomic E-state index is 0.330. The Labute approximate surface area is 245 Å². The quantitative estimate of drug-likeness (QED) is 0.0678. The summed E-state index contributed by atoms with van der Waals surface area (Å²) in [7, 11) is 2.05. The Hall–Kier alpha value is -0.960. The lowest BCUT2D eigenvalue weighted by Crippen LogP contribution is -2.47. The highest BCUT2D eigenvalue weighted by Crippen LogP contribution is 2.22. The Kier molecular flexibility index (Phi) is 24.0. The molecular formula is C36H69N2O+. The molecule has 0 saturated heterocycles. The van der Waals surface area contributed by atoms with Crippen LogP contribution in [0.4, 0.5) is 0 Å². The number of hydrogen-bond donors (Lipinski definition) is 0. The second-order valence-corrected chi connectivity index (χ2v) is 12.7. The normalized spacial score (nSPS) is 16.7. The van der Waals surface area contributed by atoms with E-state index in [1.807, 2.05) is 12.4 Å². The van der Waals surface area contributed by atoms with E-state index in [0.29, 0.717) is 16.8 Å². The van der Waals surface area contributed by atoms with E-state index >= 15 is 0 Å². The number of carbonyl (C=O) groups is 1. The number of amidine groups is 1. The lowest BCUT2D eigenvalue weighted by molar-refractivity contribution is -0.683. The minimum absolute atomic E-state index is 0.330. The molecule has 0 bridgehead atoms. The summed E-state index contributed by atoms with van der Waals surface area (Å²) in [5.41, 5.74) is 0. The van der Waals surface area contributed by atoms with Gasteiger partial charge in [0.15, 0.2) is 0 Å². The predicted octanol–water partition coefficient (Wildman–Crippen LogP) is 12.2. The van der Waals surface area contributed by atoms with Gasteiger partial charge in [0.25, 0.3) is 0 Å². The van der Waals surface area contributed by atoms with Gasteiger partial charge in [-0.25, -0.2) is 9.79 Å². The van der Waals surface area contributed by atoms with Crippen LogP contribution in [0.2, 0.25) is 0 Å². The number of nitrogens with zero attached hydrogens (tertiary/aromatic N) is 2. The molecule has 39 heavy (non-hydrogen) atoms. The molecule has 0 fully saturated rings. The highest BCUT2D eigenvalue weighted by Gasteiger charge is 2.37. The van der Waals surface area contributed by atoms with Crippen molar-refractivity contribution in [1.29, 1.82) is 0 Å². The number of unbranched alkanes of at least 4 members (excludes halogenated alkanes) is 25. The molecule has 1 unspecified atom stereocenters. The predicted molar refractivity (Wildman–Crippen MR) is 173 cm³/mol. The molecule has 0 aromatic rings. The molecule has 1 heterocycles. The van der Waals surface area contributed by atoms with Crippen molar-refractivity contribution in [1.82, 2.24) is 0 Å². The maximum absolute atomic E-state index is 13.1. The average Bonchev–Trinajstić information content (AvgIpc) is 3.32. The second-order valence-electron chi connectivity index (χ2n) is 12.7. The molecule has 3 nitrogen and oxygen atoms in total. The Morgan fingerprint density at radius 1 is 0.538 bits per heavy atom. The molecular weight excluding hydrogens is 476 g/mol. The van der Waals surface area contributed by atoms with E-state index in [1.54, 1.807) is 0 Å². The van der Waals surface area contributed by atoms with Crippen LogP contribution in [0, 0.1) is 0 Å². The SMILES string of the molecule is CCCCCCCCCCCCCCCCC(=O)[N+]1(C)C=CN=C1CCCCCCCCCCCCCCC. The summed E-state index contributed by atoms with van der Waals surface area (Å²) in [6.07, 6.45) is 42.3. The van der Waals surface area contributed by atoms with E-state index in [-0.39, 0.29) is 0 Å². The summed E-state index contributed by atoms with van der Waals surface area (Å²) >= 11 is 0. The summed E-state index contributed by atoms with van der Waals surface area (Å²) in [6, 6.07) is 0. The van der Waals surface area contributed by atoms with Crippen molar-refractivity contribution in [3.05, 3.63) is 12.4 Å². The summed E-state index contributed by atoms with van der Waals surface area (Å²) in [5, 5.41) is 0. The number of amides is 1. The van der Waals surface area contributed by atoms with Gasteiger partial charge in [0, 0.05) is 6.42 Å². The van der Waals surface area contributed by atoms with Gasteiger partial charge in [-0.3, -0.25) is 0 Å². The van der Waals surface area contributed by atoms with Crippen LogP contribution in [0.1, 0.15) is 200 Å². The molecule has 0 radical (unpaired) electrons. The minimum Gasteiger partial charge on any atom is -0.230 e. The first-order valence-electron chi connectivity index (χ1n) is 17.8. The molecule has 0 aromatic carbocycles. The summed E-state index contributed by atoms with van der Waals surface area (Å²) in [6.45, 7) is 4.58. The molecule has 3 heteroatoms. The van der Waals surface area contributed by atoms with Crippen LogP contribution in [0.3, 0.4) is 0 Å². The van der Waals surface area contributed by atoms with Gasteiger partial charge in [-0.2, -0.15) is 4.48 Å². The average molecular weight is 546 g/mol. The first-order valence-corrected chi connectivity index (χ1v) is 17.8. The molecule has 228 valence electrons. The number of aliphatic imine (C=N–C) groups is 1. The van der Waals surface area contributed by atoms with Gasteiger partial charge in [-0.15, -0.1) is 0 Å². The third kappa shape index (κ3) is 18.9. The monoisotopic (exact) mass is 546 g/mol. The zero-order valence-corrected chi connectivity index (χ0v) is 27.0. The standard InChI is InChI=1S/C36H69N2O/c1-4-6-8-10-12-14-16-18-20-22-24-26-28-30-32-36(39)38(3)34-33-37-35(38)31-29-27-25-23-21-19-17-15-13-11-9-7-5-2/h33-34H,4-32H2,1-3H3/q+1. The maximum atomic E-state index is 13.1. The smallest absolute Gasteiger partial charge is 0.230 e. The molecule has 1 aliphatic heterocycles. The lowest BCUT2D eigenvalue weighted by Gasteiger charge is -2.25. The fraction of sp³-hybridized carbons (Fsp3) is 0.889. The number of carbonyl (C=O) groups excluding carboxylic acids is 1. The van der Waals surface area contributed by atoms with Crippen molar-refractivity contribution < 1.29 is 9.28 Å². The summed E-state index contributed by atoms with van der Waals surface area (Å²) in [4.78, 5) is 17.7. The topological polar surface area (TPSA) is 29.4 Å². The Bertz CT molecular complexity index is 626. The molecule has 1 amide bonds. The number of hydrogen-bond acceptors (Lipinski definition) is 2. The van der Waals surface area contributed by atoms with Crippen molar-refractivity contribution >= 4 is 11.7 Å².